The Morgan fingerprint density at radius 1 is 0.970 bits per heavy atom. The number of sulfone groups is 1. The van der Waals surface area contributed by atoms with Gasteiger partial charge in [0, 0.05) is 11.8 Å². The van der Waals surface area contributed by atoms with Gasteiger partial charge in [0.1, 0.15) is 0 Å². The van der Waals surface area contributed by atoms with Crippen LogP contribution in [0.3, 0.4) is 0 Å². The molecule has 0 spiro atoms. The zero-order valence-corrected chi connectivity index (χ0v) is 19.3. The molecule has 3 aromatic carbocycles. The number of fused-ring (bicyclic) bond motifs is 1. The highest BCUT2D eigenvalue weighted by atomic mass is 32.2. The van der Waals surface area contributed by atoms with Crippen molar-refractivity contribution in [2.45, 2.75) is 17.4 Å². The van der Waals surface area contributed by atoms with Crippen molar-refractivity contribution in [2.24, 2.45) is 0 Å². The third kappa shape index (κ3) is 5.63. The van der Waals surface area contributed by atoms with Gasteiger partial charge in [0.25, 0.3) is 5.91 Å². The molecule has 0 bridgehead atoms. The van der Waals surface area contributed by atoms with Gasteiger partial charge in [-0.3, -0.25) is 9.59 Å². The summed E-state index contributed by atoms with van der Waals surface area (Å²) in [5.41, 5.74) is 1.91. The van der Waals surface area contributed by atoms with E-state index in [-0.39, 0.29) is 23.1 Å². The number of anilines is 1. The number of amides is 2. The molecule has 4 aromatic rings. The first kappa shape index (κ1) is 22.6. The van der Waals surface area contributed by atoms with Crippen molar-refractivity contribution in [1.29, 1.82) is 0 Å². The lowest BCUT2D eigenvalue weighted by molar-refractivity contribution is -0.116. The maximum atomic E-state index is 12.8. The first-order chi connectivity index (χ1) is 15.8. The number of carbonyl (C=O) groups excluding carboxylic acids is 2. The maximum absolute atomic E-state index is 12.8. The van der Waals surface area contributed by atoms with Crippen LogP contribution in [0.5, 0.6) is 0 Å². The number of benzene rings is 3. The predicted molar refractivity (Wildman–Crippen MR) is 129 cm³/mol. The monoisotopic (exact) mass is 479 g/mol. The van der Waals surface area contributed by atoms with Crippen LogP contribution in [0, 0.1) is 0 Å². The number of nitrogens with zero attached hydrogens (tertiary/aromatic N) is 1. The Morgan fingerprint density at radius 2 is 1.64 bits per heavy atom. The van der Waals surface area contributed by atoms with E-state index >= 15 is 0 Å². The third-order valence-corrected chi connectivity index (χ3v) is 7.01. The summed E-state index contributed by atoms with van der Waals surface area (Å²) < 4.78 is 24.2. The van der Waals surface area contributed by atoms with Gasteiger partial charge in [-0.25, -0.2) is 13.4 Å². The van der Waals surface area contributed by atoms with E-state index in [0.717, 1.165) is 11.8 Å². The second kappa shape index (κ2) is 9.51. The molecule has 0 aliphatic carbocycles. The van der Waals surface area contributed by atoms with E-state index < -0.39 is 15.9 Å². The van der Waals surface area contributed by atoms with Gasteiger partial charge in [0.05, 0.1) is 27.6 Å². The zero-order valence-electron chi connectivity index (χ0n) is 17.7. The van der Waals surface area contributed by atoms with Crippen LogP contribution in [0.2, 0.25) is 0 Å². The lowest BCUT2D eigenvalue weighted by Gasteiger charge is -2.19. The van der Waals surface area contributed by atoms with E-state index in [1.807, 2.05) is 36.4 Å². The molecule has 2 amide bonds. The number of nitrogens with one attached hydrogen (secondary N) is 2. The second-order valence-electron chi connectivity index (χ2n) is 7.48. The van der Waals surface area contributed by atoms with Crippen LogP contribution < -0.4 is 10.6 Å². The number of aromatic nitrogens is 1. The van der Waals surface area contributed by atoms with Gasteiger partial charge in [-0.2, -0.15) is 0 Å². The summed E-state index contributed by atoms with van der Waals surface area (Å²) in [6, 6.07) is 22.2. The number of rotatable bonds is 7. The molecule has 0 aliphatic heterocycles. The van der Waals surface area contributed by atoms with Gasteiger partial charge in [0.2, 0.25) is 5.91 Å². The minimum Gasteiger partial charge on any atom is -0.345 e. The minimum atomic E-state index is -3.34. The van der Waals surface area contributed by atoms with E-state index in [2.05, 4.69) is 15.6 Å². The van der Waals surface area contributed by atoms with Crippen molar-refractivity contribution in [3.8, 4) is 0 Å². The van der Waals surface area contributed by atoms with Crippen LogP contribution in [0.25, 0.3) is 10.2 Å². The van der Waals surface area contributed by atoms with Crippen LogP contribution in [0.15, 0.2) is 83.8 Å². The summed E-state index contributed by atoms with van der Waals surface area (Å²) in [7, 11) is -3.34. The lowest BCUT2D eigenvalue weighted by atomic mass is 10.0. The van der Waals surface area contributed by atoms with Crippen LogP contribution in [0.4, 0.5) is 5.13 Å². The smallest absolute Gasteiger partial charge is 0.251 e. The molecular weight excluding hydrogens is 458 g/mol. The normalized spacial score (nSPS) is 12.3. The predicted octanol–water partition coefficient (Wildman–Crippen LogP) is 4.20. The summed E-state index contributed by atoms with van der Waals surface area (Å²) in [6.45, 7) is 0. The van der Waals surface area contributed by atoms with Crippen molar-refractivity contribution in [3.05, 3.63) is 90.0 Å². The highest BCUT2D eigenvalue weighted by Gasteiger charge is 2.20. The molecule has 4 rings (SSSR count). The van der Waals surface area contributed by atoms with E-state index in [9.17, 15) is 18.0 Å². The summed E-state index contributed by atoms with van der Waals surface area (Å²) >= 11 is 1.19. The number of hydrogen-bond donors (Lipinski definition) is 2. The molecule has 1 unspecified atom stereocenters. The molecule has 0 fully saturated rings. The van der Waals surface area contributed by atoms with Gasteiger partial charge >= 0.3 is 0 Å². The molecule has 1 aromatic heterocycles. The topological polar surface area (TPSA) is 105 Å². The molecule has 9 heteroatoms. The molecule has 33 heavy (non-hydrogen) atoms. The molecule has 0 saturated heterocycles. The first-order valence-electron chi connectivity index (χ1n) is 10.1. The quantitative estimate of drug-likeness (QED) is 0.413. The van der Waals surface area contributed by atoms with Gasteiger partial charge in [-0.15, -0.1) is 0 Å². The average molecular weight is 480 g/mol. The Labute approximate surface area is 195 Å². The standard InChI is InChI=1S/C24H21N3O4S2/c1-33(30,31)18-12-13-19-21(14-18)32-24(26-19)27-22(28)15-20(16-8-4-2-5-9-16)25-23(29)17-10-6-3-7-11-17/h2-14,20H,15H2,1H3,(H,25,29)(H,26,27,28). The van der Waals surface area contributed by atoms with Crippen LogP contribution in [-0.2, 0) is 14.6 Å². The Hall–Kier alpha value is -3.56. The van der Waals surface area contributed by atoms with Crippen molar-refractivity contribution < 1.29 is 18.0 Å². The fourth-order valence-corrected chi connectivity index (χ4v) is 4.96. The highest BCUT2D eigenvalue weighted by Crippen LogP contribution is 2.29. The molecule has 0 aliphatic rings. The Kier molecular flexibility index (Phi) is 6.52. The summed E-state index contributed by atoms with van der Waals surface area (Å²) in [6.07, 6.45) is 1.15. The van der Waals surface area contributed by atoms with Gasteiger partial charge in [0.15, 0.2) is 15.0 Å². The lowest BCUT2D eigenvalue weighted by Crippen LogP contribution is -2.31. The second-order valence-corrected chi connectivity index (χ2v) is 10.5. The van der Waals surface area contributed by atoms with Crippen LogP contribution in [-0.4, -0.2) is 31.5 Å². The molecule has 2 N–H and O–H groups in total. The van der Waals surface area contributed by atoms with Crippen molar-refractivity contribution in [1.82, 2.24) is 10.3 Å². The minimum absolute atomic E-state index is 0.00705. The molecule has 1 heterocycles. The Morgan fingerprint density at radius 3 is 2.30 bits per heavy atom. The van der Waals surface area contributed by atoms with E-state index in [4.69, 9.17) is 0 Å². The zero-order chi connectivity index (χ0) is 23.4. The number of carbonyl (C=O) groups is 2. The van der Waals surface area contributed by atoms with E-state index in [1.165, 1.54) is 17.4 Å². The summed E-state index contributed by atoms with van der Waals surface area (Å²) in [5, 5.41) is 6.07. The number of hydrogen-bond acceptors (Lipinski definition) is 6. The SMILES string of the molecule is CS(=O)(=O)c1ccc2nc(NC(=O)CC(NC(=O)c3ccccc3)c3ccccc3)sc2c1. The Balaban J connectivity index is 1.51. The van der Waals surface area contributed by atoms with Crippen molar-refractivity contribution in [3.63, 3.8) is 0 Å². The van der Waals surface area contributed by atoms with Gasteiger partial charge in [-0.1, -0.05) is 59.9 Å². The van der Waals surface area contributed by atoms with Crippen molar-refractivity contribution >= 4 is 48.3 Å². The molecule has 0 radical (unpaired) electrons. The molecule has 7 nitrogen and oxygen atoms in total. The van der Waals surface area contributed by atoms with Gasteiger partial charge in [-0.05, 0) is 35.9 Å². The van der Waals surface area contributed by atoms with E-state index in [1.54, 1.807) is 36.4 Å². The first-order valence-corrected chi connectivity index (χ1v) is 12.8. The summed E-state index contributed by atoms with van der Waals surface area (Å²) in [5.74, 6) is -0.592. The Bertz CT molecular complexity index is 1400. The fraction of sp³-hybridized carbons (Fsp3) is 0.125. The van der Waals surface area contributed by atoms with Gasteiger partial charge < -0.3 is 10.6 Å². The molecule has 168 valence electrons. The maximum Gasteiger partial charge on any atom is 0.251 e. The van der Waals surface area contributed by atoms with Crippen molar-refractivity contribution in [2.75, 3.05) is 11.6 Å². The van der Waals surface area contributed by atoms with E-state index in [0.29, 0.717) is 20.9 Å². The fourth-order valence-electron chi connectivity index (χ4n) is 3.31. The molecule has 0 saturated carbocycles. The summed E-state index contributed by atoms with van der Waals surface area (Å²) in [4.78, 5) is 30.1. The highest BCUT2D eigenvalue weighted by molar-refractivity contribution is 7.90. The van der Waals surface area contributed by atoms with Crippen LogP contribution >= 0.6 is 11.3 Å². The molecule has 1 atom stereocenters. The average Bonchev–Trinajstić information content (AvgIpc) is 3.20. The molecular formula is C24H21N3O4S2. The largest absolute Gasteiger partial charge is 0.345 e. The van der Waals surface area contributed by atoms with Crippen LogP contribution in [0.1, 0.15) is 28.4 Å². The third-order valence-electron chi connectivity index (χ3n) is 4.97. The number of thiazole rings is 1.